The number of aryl methyl sites for hydroxylation is 1. The van der Waals surface area contributed by atoms with Crippen LogP contribution in [-0.4, -0.2) is 69.3 Å². The molecule has 0 aliphatic heterocycles. The van der Waals surface area contributed by atoms with Gasteiger partial charge in [-0.1, -0.05) is 87.5 Å². The third kappa shape index (κ3) is 12.3. The predicted molar refractivity (Wildman–Crippen MR) is 194 cm³/mol. The molecule has 0 saturated carbocycles. The highest BCUT2D eigenvalue weighted by Gasteiger charge is 2.31. The molecule has 0 radical (unpaired) electrons. The van der Waals surface area contributed by atoms with Crippen LogP contribution in [-0.2, 0) is 41.9 Å². The van der Waals surface area contributed by atoms with Gasteiger partial charge in [0.15, 0.2) is 0 Å². The summed E-state index contributed by atoms with van der Waals surface area (Å²) >= 11 is 1.56. The van der Waals surface area contributed by atoms with Gasteiger partial charge in [0.25, 0.3) is 0 Å². The van der Waals surface area contributed by atoms with Crippen LogP contribution in [0.2, 0.25) is 0 Å². The average molecular weight is 701 g/mol. The molecule has 2 aromatic heterocycles. The number of aliphatic hydroxyl groups excluding tert-OH is 1. The second-order valence-electron chi connectivity index (χ2n) is 12.7. The molecule has 266 valence electrons. The summed E-state index contributed by atoms with van der Waals surface area (Å²) in [5, 5.41) is 23.5. The molecule has 0 spiro atoms. The summed E-state index contributed by atoms with van der Waals surface area (Å²) < 4.78 is 5.45. The fraction of sp³-hybridized carbons (Fsp3) is 0.395. The molecule has 12 heteroatoms. The van der Waals surface area contributed by atoms with Crippen molar-refractivity contribution in [2.45, 2.75) is 83.8 Å². The Morgan fingerprint density at radius 1 is 0.900 bits per heavy atom. The molecule has 4 N–H and O–H groups in total. The Morgan fingerprint density at radius 3 is 2.16 bits per heavy atom. The number of aliphatic hydroxyl groups is 1. The zero-order chi connectivity index (χ0) is 35.9. The molecule has 0 saturated heterocycles. The van der Waals surface area contributed by atoms with Crippen molar-refractivity contribution in [2.24, 2.45) is 5.92 Å². The van der Waals surface area contributed by atoms with E-state index in [4.69, 9.17) is 4.74 Å². The molecule has 2 aromatic carbocycles. The van der Waals surface area contributed by atoms with Crippen LogP contribution in [0.3, 0.4) is 0 Å². The molecule has 0 aliphatic rings. The smallest absolute Gasteiger partial charge is 0.407 e. The summed E-state index contributed by atoms with van der Waals surface area (Å²) in [4.78, 5) is 50.1. The van der Waals surface area contributed by atoms with Crippen molar-refractivity contribution < 1.29 is 24.2 Å². The van der Waals surface area contributed by atoms with Gasteiger partial charge in [-0.05, 0) is 48.8 Å². The number of ether oxygens (including phenoxy) is 1. The fourth-order valence-corrected chi connectivity index (χ4v) is 6.23. The van der Waals surface area contributed by atoms with Gasteiger partial charge in [0.1, 0.15) is 12.6 Å². The Morgan fingerprint density at radius 2 is 1.56 bits per heavy atom. The highest BCUT2D eigenvalue weighted by molar-refractivity contribution is 7.09. The van der Waals surface area contributed by atoms with Gasteiger partial charge in [-0.15, -0.1) is 11.3 Å². The number of aromatic nitrogens is 2. The number of urea groups is 1. The highest BCUT2D eigenvalue weighted by atomic mass is 32.1. The summed E-state index contributed by atoms with van der Waals surface area (Å²) in [5.74, 6) is -0.581. The van der Waals surface area contributed by atoms with E-state index in [2.05, 4.69) is 25.9 Å². The van der Waals surface area contributed by atoms with E-state index in [1.165, 1.54) is 4.90 Å². The molecular formula is C38H48N6O5S. The second-order valence-corrected chi connectivity index (χ2v) is 13.6. The van der Waals surface area contributed by atoms with Crippen LogP contribution >= 0.6 is 11.3 Å². The molecule has 4 rings (SSSR count). The van der Waals surface area contributed by atoms with Gasteiger partial charge in [0.05, 0.1) is 29.4 Å². The van der Waals surface area contributed by atoms with E-state index in [1.807, 2.05) is 86.8 Å². The Kier molecular flexibility index (Phi) is 14.7. The first-order valence-electron chi connectivity index (χ1n) is 16.9. The van der Waals surface area contributed by atoms with Crippen molar-refractivity contribution in [3.63, 3.8) is 0 Å². The molecule has 4 atom stereocenters. The third-order valence-corrected chi connectivity index (χ3v) is 9.27. The highest BCUT2D eigenvalue weighted by Crippen LogP contribution is 2.16. The van der Waals surface area contributed by atoms with Crippen LogP contribution in [0.4, 0.5) is 9.59 Å². The monoisotopic (exact) mass is 700 g/mol. The predicted octanol–water partition coefficient (Wildman–Crippen LogP) is 5.28. The van der Waals surface area contributed by atoms with Crippen LogP contribution in [0.15, 0.2) is 90.6 Å². The zero-order valence-corrected chi connectivity index (χ0v) is 29.9. The van der Waals surface area contributed by atoms with E-state index >= 15 is 0 Å². The van der Waals surface area contributed by atoms with Crippen LogP contribution in [0, 0.1) is 5.92 Å². The van der Waals surface area contributed by atoms with Crippen molar-refractivity contribution in [1.29, 1.82) is 0 Å². The minimum atomic E-state index is -1.06. The number of alkyl carbamates (subject to hydrolysis) is 1. The van der Waals surface area contributed by atoms with Crippen LogP contribution in [0.25, 0.3) is 0 Å². The molecule has 2 heterocycles. The first-order valence-corrected chi connectivity index (χ1v) is 17.8. The minimum absolute atomic E-state index is 0.0293. The lowest BCUT2D eigenvalue weighted by atomic mass is 9.93. The minimum Gasteiger partial charge on any atom is -0.445 e. The number of pyridine rings is 1. The Hall–Kier alpha value is -4.81. The Balaban J connectivity index is 1.47. The largest absolute Gasteiger partial charge is 0.445 e. The van der Waals surface area contributed by atoms with Gasteiger partial charge < -0.3 is 30.7 Å². The maximum absolute atomic E-state index is 13.9. The lowest BCUT2D eigenvalue weighted by Crippen LogP contribution is -2.55. The van der Waals surface area contributed by atoms with Crippen molar-refractivity contribution in [3.8, 4) is 0 Å². The first kappa shape index (κ1) is 38.0. The number of thiazole rings is 1. The number of carbonyl (C=O) groups is 3. The van der Waals surface area contributed by atoms with Crippen molar-refractivity contribution in [2.75, 3.05) is 7.05 Å². The van der Waals surface area contributed by atoms with E-state index in [-0.39, 0.29) is 30.9 Å². The van der Waals surface area contributed by atoms with E-state index < -0.39 is 30.3 Å². The number of hydrogen-bond acceptors (Lipinski definition) is 8. The molecule has 11 nitrogen and oxygen atoms in total. The van der Waals surface area contributed by atoms with Gasteiger partial charge in [0.2, 0.25) is 5.91 Å². The van der Waals surface area contributed by atoms with Gasteiger partial charge in [-0.25, -0.2) is 14.6 Å². The van der Waals surface area contributed by atoms with Gasteiger partial charge in [-0.3, -0.25) is 9.78 Å². The van der Waals surface area contributed by atoms with E-state index in [9.17, 15) is 19.5 Å². The van der Waals surface area contributed by atoms with E-state index in [1.54, 1.807) is 42.9 Å². The average Bonchev–Trinajstić information content (AvgIpc) is 3.57. The van der Waals surface area contributed by atoms with E-state index in [0.717, 1.165) is 33.8 Å². The maximum Gasteiger partial charge on any atom is 0.407 e. The third-order valence-electron chi connectivity index (χ3n) is 8.23. The lowest BCUT2D eigenvalue weighted by molar-refractivity contribution is -0.124. The van der Waals surface area contributed by atoms with Crippen LogP contribution < -0.4 is 16.0 Å². The SMILES string of the molecule is CCc1nc(CN(C)C(=O)NC(C(=O)N[C@@H](Cc2ccccc2)C[C@H](O)[C@H](Cc2ccccc2)NC(=O)OCc2cccnc2)C(C)C)cs1. The molecule has 4 amide bonds. The number of carbonyl (C=O) groups excluding carboxylic acids is 3. The van der Waals surface area contributed by atoms with Crippen LogP contribution in [0.5, 0.6) is 0 Å². The molecule has 0 fully saturated rings. The fourth-order valence-electron chi connectivity index (χ4n) is 5.49. The van der Waals surface area contributed by atoms with E-state index in [0.29, 0.717) is 19.4 Å². The van der Waals surface area contributed by atoms with Crippen molar-refractivity contribution in [3.05, 3.63) is 118 Å². The second kappa shape index (κ2) is 19.4. The summed E-state index contributed by atoms with van der Waals surface area (Å²) in [6, 6.07) is 20.3. The molecular weight excluding hydrogens is 653 g/mol. The summed E-state index contributed by atoms with van der Waals surface area (Å²) in [6.45, 7) is 6.13. The Bertz CT molecular complexity index is 1620. The molecule has 0 bridgehead atoms. The lowest BCUT2D eigenvalue weighted by Gasteiger charge is -2.30. The number of benzene rings is 2. The standard InChI is InChI=1S/C38H48N6O5S/c1-5-34-40-31(25-50-34)23-44(4)37(47)43-35(26(2)3)36(46)41-30(19-27-13-8-6-9-14-27)21-33(45)32(20-28-15-10-7-11-16-28)42-38(48)49-24-29-17-12-18-39-22-29/h6-18,22,25-26,30,32-33,35,45H,5,19-21,23-24H2,1-4H3,(H,41,46)(H,42,48)(H,43,47)/t30-,32-,33-,35?/m0/s1. The molecule has 1 unspecified atom stereocenters. The normalized spacial score (nSPS) is 13.5. The number of hydrogen-bond donors (Lipinski definition) is 4. The molecule has 0 aliphatic carbocycles. The Labute approximate surface area is 298 Å². The molecule has 4 aromatic rings. The maximum atomic E-state index is 13.9. The summed E-state index contributed by atoms with van der Waals surface area (Å²) in [6.07, 6.45) is 3.25. The summed E-state index contributed by atoms with van der Waals surface area (Å²) in [7, 11) is 1.67. The number of amides is 4. The van der Waals surface area contributed by atoms with Gasteiger partial charge in [-0.2, -0.15) is 0 Å². The molecule has 50 heavy (non-hydrogen) atoms. The van der Waals surface area contributed by atoms with Crippen molar-refractivity contribution >= 4 is 29.4 Å². The zero-order valence-electron chi connectivity index (χ0n) is 29.1. The number of nitrogens with zero attached hydrogens (tertiary/aromatic N) is 3. The first-order chi connectivity index (χ1) is 24.1. The van der Waals surface area contributed by atoms with Gasteiger partial charge >= 0.3 is 12.1 Å². The quantitative estimate of drug-likeness (QED) is 0.117. The van der Waals surface area contributed by atoms with Crippen LogP contribution in [0.1, 0.15) is 54.6 Å². The number of nitrogens with one attached hydrogen (secondary N) is 3. The van der Waals surface area contributed by atoms with Gasteiger partial charge in [0, 0.05) is 36.4 Å². The summed E-state index contributed by atoms with van der Waals surface area (Å²) in [5.41, 5.74) is 3.42. The topological polar surface area (TPSA) is 146 Å². The number of rotatable bonds is 17. The van der Waals surface area contributed by atoms with Crippen molar-refractivity contribution in [1.82, 2.24) is 30.8 Å².